The summed E-state index contributed by atoms with van der Waals surface area (Å²) in [4.78, 5) is 2.50. The molecule has 12 aromatic rings. The zero-order valence-electron chi connectivity index (χ0n) is 37.3. The van der Waals surface area contributed by atoms with Gasteiger partial charge in [-0.3, -0.25) is 0 Å². The van der Waals surface area contributed by atoms with Gasteiger partial charge in [0.1, 0.15) is 0 Å². The third kappa shape index (κ3) is 6.76. The number of para-hydroxylation sites is 3. The van der Waals surface area contributed by atoms with Crippen LogP contribution in [-0.4, -0.2) is 4.57 Å². The first-order valence-electron chi connectivity index (χ1n) is 23.9. The average Bonchev–Trinajstić information content (AvgIpc) is 3.96. The highest BCUT2D eigenvalue weighted by molar-refractivity contribution is 7.26. The van der Waals surface area contributed by atoms with Crippen molar-refractivity contribution in [3.8, 4) is 39.1 Å². The first-order chi connectivity index (χ1) is 33.3. The monoisotopic (exact) mass is 876 g/mol. The van der Waals surface area contributed by atoms with E-state index in [1.807, 2.05) is 11.3 Å². The van der Waals surface area contributed by atoms with Crippen LogP contribution in [-0.2, 0) is 0 Å². The standard InChI is InChI=1S/C64H48N2S/c1-3-18-43(19-4-1)50-29-14-20-45-21-15-32-55(62(45)50)53-26-7-10-34-58(53)65(49-25-13-22-46(42-49)52-31-16-33-56-54-27-9-12-37-61(54)67-64(52)56)48-40-38-44(39-41-48)51-30-17-36-60-63(51)57-28-8-11-35-59(57)66(60)47-23-5-2-6-24-47/h2,5-17,20-43H,1,3-4,18-19H2. The number of hydrogen-bond acceptors (Lipinski definition) is 2. The SMILES string of the molecule is c1ccc(-n2c3ccccc3c3c(-c4ccc(N(c5cccc(-c6cccc7c6sc6ccccc67)c5)c5ccccc5-c5cccc6cccc(C7CCCCC7)c56)cc4)cccc32)cc1. The Bertz CT molecular complexity index is 3790. The van der Waals surface area contributed by atoms with Gasteiger partial charge in [-0.2, -0.15) is 0 Å². The van der Waals surface area contributed by atoms with Crippen LogP contribution in [0.1, 0.15) is 43.6 Å². The van der Waals surface area contributed by atoms with Crippen molar-refractivity contribution in [1.82, 2.24) is 4.57 Å². The van der Waals surface area contributed by atoms with E-state index in [1.54, 1.807) is 0 Å². The lowest BCUT2D eigenvalue weighted by Gasteiger charge is -2.29. The molecular weight excluding hydrogens is 829 g/mol. The Morgan fingerprint density at radius 3 is 1.96 bits per heavy atom. The Balaban J connectivity index is 1.00. The van der Waals surface area contributed by atoms with E-state index in [4.69, 9.17) is 0 Å². The topological polar surface area (TPSA) is 8.17 Å². The van der Waals surface area contributed by atoms with E-state index in [9.17, 15) is 0 Å². The molecule has 320 valence electrons. The van der Waals surface area contributed by atoms with Crippen molar-refractivity contribution < 1.29 is 0 Å². The van der Waals surface area contributed by atoms with Gasteiger partial charge in [-0.25, -0.2) is 0 Å². The number of fused-ring (bicyclic) bond motifs is 7. The number of rotatable bonds is 8. The lowest BCUT2D eigenvalue weighted by Crippen LogP contribution is -2.11. The summed E-state index contributed by atoms with van der Waals surface area (Å²) in [6, 6.07) is 83.4. The minimum atomic E-state index is 0.578. The van der Waals surface area contributed by atoms with Crippen molar-refractivity contribution >= 4 is 81.1 Å². The Morgan fingerprint density at radius 2 is 1.07 bits per heavy atom. The van der Waals surface area contributed by atoms with E-state index >= 15 is 0 Å². The summed E-state index contributed by atoms with van der Waals surface area (Å²) in [6.45, 7) is 0. The molecule has 1 aliphatic rings. The Hall–Kier alpha value is -7.72. The molecule has 0 bridgehead atoms. The van der Waals surface area contributed by atoms with Gasteiger partial charge in [-0.15, -0.1) is 11.3 Å². The maximum Gasteiger partial charge on any atom is 0.0547 e. The molecule has 0 N–H and O–H groups in total. The summed E-state index contributed by atoms with van der Waals surface area (Å²) >= 11 is 1.89. The minimum Gasteiger partial charge on any atom is -0.310 e. The van der Waals surface area contributed by atoms with Crippen LogP contribution < -0.4 is 4.90 Å². The largest absolute Gasteiger partial charge is 0.310 e. The molecule has 1 aliphatic carbocycles. The number of nitrogens with zero attached hydrogens (tertiary/aromatic N) is 2. The molecule has 0 radical (unpaired) electrons. The average molecular weight is 877 g/mol. The molecule has 13 rings (SSSR count). The lowest BCUT2D eigenvalue weighted by molar-refractivity contribution is 0.445. The fraction of sp³-hybridized carbons (Fsp3) is 0.0938. The van der Waals surface area contributed by atoms with Crippen molar-refractivity contribution in [2.75, 3.05) is 4.90 Å². The molecule has 0 aliphatic heterocycles. The first kappa shape index (κ1) is 39.6. The second-order valence-electron chi connectivity index (χ2n) is 18.2. The van der Waals surface area contributed by atoms with E-state index in [2.05, 4.69) is 234 Å². The highest BCUT2D eigenvalue weighted by atomic mass is 32.1. The van der Waals surface area contributed by atoms with Crippen molar-refractivity contribution in [3.05, 3.63) is 230 Å². The van der Waals surface area contributed by atoms with Crippen LogP contribution in [0.4, 0.5) is 17.1 Å². The normalized spacial score (nSPS) is 13.3. The molecular formula is C64H48N2S. The van der Waals surface area contributed by atoms with Gasteiger partial charge in [-0.05, 0) is 124 Å². The molecule has 2 nitrogen and oxygen atoms in total. The highest BCUT2D eigenvalue weighted by Gasteiger charge is 2.24. The van der Waals surface area contributed by atoms with Crippen molar-refractivity contribution in [2.24, 2.45) is 0 Å². The van der Waals surface area contributed by atoms with Gasteiger partial charge >= 0.3 is 0 Å². The summed E-state index contributed by atoms with van der Waals surface area (Å²) in [7, 11) is 0. The Kier molecular flexibility index (Phi) is 9.83. The first-order valence-corrected chi connectivity index (χ1v) is 24.7. The molecule has 0 amide bonds. The molecule has 0 spiro atoms. The van der Waals surface area contributed by atoms with Crippen molar-refractivity contribution in [1.29, 1.82) is 0 Å². The summed E-state index contributed by atoms with van der Waals surface area (Å²) in [6.07, 6.45) is 6.46. The van der Waals surface area contributed by atoms with E-state index in [1.165, 1.54) is 129 Å². The summed E-state index contributed by atoms with van der Waals surface area (Å²) in [5, 5.41) is 7.86. The van der Waals surface area contributed by atoms with Crippen molar-refractivity contribution in [3.63, 3.8) is 0 Å². The third-order valence-electron chi connectivity index (χ3n) is 14.4. The van der Waals surface area contributed by atoms with E-state index in [-0.39, 0.29) is 0 Å². The number of benzene rings is 10. The number of anilines is 3. The van der Waals surface area contributed by atoms with Crippen LogP contribution in [0.15, 0.2) is 224 Å². The summed E-state index contributed by atoms with van der Waals surface area (Å²) in [5.74, 6) is 0.578. The highest BCUT2D eigenvalue weighted by Crippen LogP contribution is 2.48. The fourth-order valence-electron chi connectivity index (χ4n) is 11.4. The van der Waals surface area contributed by atoms with Gasteiger partial charge in [0, 0.05) is 53.6 Å². The number of hydrogen-bond donors (Lipinski definition) is 0. The minimum absolute atomic E-state index is 0.578. The van der Waals surface area contributed by atoms with E-state index in [0.717, 1.165) is 17.1 Å². The molecule has 0 atom stereocenters. The summed E-state index contributed by atoms with van der Waals surface area (Å²) < 4.78 is 5.05. The maximum atomic E-state index is 2.50. The molecule has 0 unspecified atom stereocenters. The van der Waals surface area contributed by atoms with Gasteiger partial charge in [0.15, 0.2) is 0 Å². The van der Waals surface area contributed by atoms with Gasteiger partial charge in [0.25, 0.3) is 0 Å². The van der Waals surface area contributed by atoms with E-state index < -0.39 is 0 Å². The lowest BCUT2D eigenvalue weighted by atomic mass is 9.80. The predicted octanol–water partition coefficient (Wildman–Crippen LogP) is 18.8. The zero-order chi connectivity index (χ0) is 44.3. The predicted molar refractivity (Wildman–Crippen MR) is 288 cm³/mol. The van der Waals surface area contributed by atoms with Crippen LogP contribution >= 0.6 is 11.3 Å². The van der Waals surface area contributed by atoms with Crippen LogP contribution in [0.5, 0.6) is 0 Å². The van der Waals surface area contributed by atoms with E-state index in [0.29, 0.717) is 5.92 Å². The second-order valence-corrected chi connectivity index (χ2v) is 19.3. The van der Waals surface area contributed by atoms with Crippen LogP contribution in [0.25, 0.3) is 91.8 Å². The van der Waals surface area contributed by atoms with Gasteiger partial charge in [0.2, 0.25) is 0 Å². The van der Waals surface area contributed by atoms with Crippen molar-refractivity contribution in [2.45, 2.75) is 38.0 Å². The molecule has 67 heavy (non-hydrogen) atoms. The molecule has 10 aromatic carbocycles. The molecule has 0 saturated heterocycles. The quantitative estimate of drug-likeness (QED) is 0.148. The number of aromatic nitrogens is 1. The zero-order valence-corrected chi connectivity index (χ0v) is 38.1. The Morgan fingerprint density at radius 1 is 0.418 bits per heavy atom. The van der Waals surface area contributed by atoms with Gasteiger partial charge in [-0.1, -0.05) is 183 Å². The van der Waals surface area contributed by atoms with Crippen LogP contribution in [0, 0.1) is 0 Å². The van der Waals surface area contributed by atoms with Gasteiger partial charge in [0.05, 0.1) is 16.7 Å². The molecule has 1 saturated carbocycles. The third-order valence-corrected chi connectivity index (χ3v) is 15.6. The molecule has 2 heterocycles. The van der Waals surface area contributed by atoms with Crippen LogP contribution in [0.3, 0.4) is 0 Å². The van der Waals surface area contributed by atoms with Crippen LogP contribution in [0.2, 0.25) is 0 Å². The maximum absolute atomic E-state index is 2.50. The second kappa shape index (κ2) is 16.6. The number of thiophene rings is 1. The molecule has 1 fully saturated rings. The smallest absolute Gasteiger partial charge is 0.0547 e. The molecule has 2 aromatic heterocycles. The van der Waals surface area contributed by atoms with Gasteiger partial charge < -0.3 is 9.47 Å². The Labute approximate surface area is 395 Å². The summed E-state index contributed by atoms with van der Waals surface area (Å²) in [5.41, 5.74) is 15.9. The molecule has 3 heteroatoms. The fourth-order valence-corrected chi connectivity index (χ4v) is 12.6.